The number of fused-ring (bicyclic) bond motifs is 1. The number of hydrogen-bond donors (Lipinski definition) is 2. The lowest BCUT2D eigenvalue weighted by molar-refractivity contribution is 0.312. The van der Waals surface area contributed by atoms with E-state index < -0.39 is 5.54 Å². The van der Waals surface area contributed by atoms with Crippen molar-refractivity contribution >= 4 is 22.7 Å². The van der Waals surface area contributed by atoms with E-state index in [1.807, 2.05) is 33.8 Å². The molecule has 6 heteroatoms. The van der Waals surface area contributed by atoms with Crippen molar-refractivity contribution in [3.05, 3.63) is 46.3 Å². The first-order valence-corrected chi connectivity index (χ1v) is 7.56. The van der Waals surface area contributed by atoms with Gasteiger partial charge in [-0.3, -0.25) is 5.32 Å². The van der Waals surface area contributed by atoms with Gasteiger partial charge in [-0.25, -0.2) is 9.97 Å². The van der Waals surface area contributed by atoms with Crippen LogP contribution in [0.1, 0.15) is 37.0 Å². The summed E-state index contributed by atoms with van der Waals surface area (Å²) in [5.41, 5.74) is 3.19. The predicted molar refractivity (Wildman–Crippen MR) is 86.9 cm³/mol. The van der Waals surface area contributed by atoms with E-state index >= 15 is 0 Å². The normalized spacial score (nSPS) is 12.2. The minimum Gasteiger partial charge on any atom is -0.439 e. The van der Waals surface area contributed by atoms with Gasteiger partial charge in [-0.05, 0) is 45.9 Å². The molecule has 116 valence electrons. The van der Waals surface area contributed by atoms with E-state index in [2.05, 4.69) is 20.3 Å². The highest BCUT2D eigenvalue weighted by Crippen LogP contribution is 2.26. The minimum atomic E-state index is -0.417. The average Bonchev–Trinajstić information content (AvgIpc) is 3.01. The smallest absolute Gasteiger partial charge is 0.215 e. The van der Waals surface area contributed by atoms with Gasteiger partial charge in [0, 0.05) is 10.7 Å². The van der Waals surface area contributed by atoms with E-state index in [0.717, 1.165) is 28.3 Å². The van der Waals surface area contributed by atoms with Gasteiger partial charge in [0.25, 0.3) is 0 Å². The third-order valence-electron chi connectivity index (χ3n) is 3.76. The Morgan fingerprint density at radius 1 is 1.27 bits per heavy atom. The van der Waals surface area contributed by atoms with E-state index in [9.17, 15) is 0 Å². The van der Waals surface area contributed by atoms with Crippen molar-refractivity contribution in [3.63, 3.8) is 0 Å². The molecule has 0 saturated carbocycles. The lowest BCUT2D eigenvalue weighted by Gasteiger charge is -2.21. The van der Waals surface area contributed by atoms with Crippen molar-refractivity contribution in [2.24, 2.45) is 0 Å². The summed E-state index contributed by atoms with van der Waals surface area (Å²) >= 11 is 5.99. The maximum Gasteiger partial charge on any atom is 0.215 e. The molecule has 0 amide bonds. The number of hydrogen-bond acceptors (Lipinski definition) is 4. The fourth-order valence-corrected chi connectivity index (χ4v) is 2.42. The molecule has 2 N–H and O–H groups in total. The van der Waals surface area contributed by atoms with Gasteiger partial charge < -0.3 is 9.40 Å². The van der Waals surface area contributed by atoms with E-state index in [1.165, 1.54) is 0 Å². The molecule has 0 spiro atoms. The number of oxazole rings is 1. The zero-order valence-corrected chi connectivity index (χ0v) is 13.9. The predicted octanol–water partition coefficient (Wildman–Crippen LogP) is 3.85. The zero-order valence-electron chi connectivity index (χ0n) is 13.1. The summed E-state index contributed by atoms with van der Waals surface area (Å²) in [6, 6.07) is 5.44. The van der Waals surface area contributed by atoms with Gasteiger partial charge in [0.1, 0.15) is 11.3 Å². The van der Waals surface area contributed by atoms with Gasteiger partial charge >= 0.3 is 0 Å². The molecule has 0 radical (unpaired) electrons. The Morgan fingerprint density at radius 2 is 2.05 bits per heavy atom. The summed E-state index contributed by atoms with van der Waals surface area (Å²) in [6.07, 6.45) is 0. The highest BCUT2D eigenvalue weighted by Gasteiger charge is 2.26. The molecule has 0 aliphatic heterocycles. The van der Waals surface area contributed by atoms with Gasteiger partial charge in [-0.1, -0.05) is 11.6 Å². The number of H-pyrrole nitrogens is 1. The second-order valence-corrected chi connectivity index (χ2v) is 6.44. The molecule has 0 bridgehead atoms. The third kappa shape index (κ3) is 2.87. The summed E-state index contributed by atoms with van der Waals surface area (Å²) in [5.74, 6) is 1.53. The fraction of sp³-hybridized carbons (Fsp3) is 0.375. The molecular formula is C16H19ClN4O. The number of nitrogens with zero attached hydrogens (tertiary/aromatic N) is 2. The lowest BCUT2D eigenvalue weighted by Crippen LogP contribution is -2.36. The third-order valence-corrected chi connectivity index (χ3v) is 3.99. The second kappa shape index (κ2) is 5.41. The molecule has 1 aromatic carbocycles. The van der Waals surface area contributed by atoms with E-state index in [-0.39, 0.29) is 0 Å². The van der Waals surface area contributed by atoms with Crippen molar-refractivity contribution < 1.29 is 4.42 Å². The maximum absolute atomic E-state index is 5.99. The fourth-order valence-electron chi connectivity index (χ4n) is 2.25. The summed E-state index contributed by atoms with van der Waals surface area (Å²) in [5, 5.41) is 4.08. The number of aryl methyl sites for hydroxylation is 2. The lowest BCUT2D eigenvalue weighted by atomic mass is 10.1. The van der Waals surface area contributed by atoms with Crippen LogP contribution < -0.4 is 5.32 Å². The monoisotopic (exact) mass is 318 g/mol. The van der Waals surface area contributed by atoms with Gasteiger partial charge in [0.05, 0.1) is 17.8 Å². The van der Waals surface area contributed by atoms with Crippen LogP contribution in [0.3, 0.4) is 0 Å². The molecule has 0 unspecified atom stereocenters. The van der Waals surface area contributed by atoms with Crippen LogP contribution in [-0.2, 0) is 12.1 Å². The summed E-state index contributed by atoms with van der Waals surface area (Å²) in [7, 11) is 0. The summed E-state index contributed by atoms with van der Waals surface area (Å²) in [4.78, 5) is 12.3. The molecule has 2 aromatic heterocycles. The van der Waals surface area contributed by atoms with Crippen LogP contribution in [0, 0.1) is 13.8 Å². The molecule has 0 aliphatic carbocycles. The first-order chi connectivity index (χ1) is 10.3. The van der Waals surface area contributed by atoms with E-state index in [1.54, 1.807) is 12.1 Å². The van der Waals surface area contributed by atoms with Gasteiger partial charge in [-0.15, -0.1) is 0 Å². The van der Waals surface area contributed by atoms with Gasteiger partial charge in [0.15, 0.2) is 5.58 Å². The number of aromatic amines is 1. The maximum atomic E-state index is 5.99. The van der Waals surface area contributed by atoms with Gasteiger partial charge in [0.2, 0.25) is 5.89 Å². The van der Waals surface area contributed by atoms with Crippen molar-refractivity contribution in [2.75, 3.05) is 0 Å². The quantitative estimate of drug-likeness (QED) is 0.767. The Labute approximate surface area is 134 Å². The number of rotatable bonds is 4. The molecule has 3 aromatic rings. The molecular weight excluding hydrogens is 300 g/mol. The van der Waals surface area contributed by atoms with Crippen LogP contribution in [0.15, 0.2) is 22.6 Å². The number of benzene rings is 1. The number of halogens is 1. The first-order valence-electron chi connectivity index (χ1n) is 7.19. The second-order valence-electron chi connectivity index (χ2n) is 6.00. The molecule has 0 saturated heterocycles. The van der Waals surface area contributed by atoms with Crippen LogP contribution in [0.25, 0.3) is 11.1 Å². The van der Waals surface area contributed by atoms with Crippen LogP contribution in [0.4, 0.5) is 0 Å². The topological polar surface area (TPSA) is 66.7 Å². The first kappa shape index (κ1) is 15.1. The minimum absolute atomic E-state index is 0.417. The number of imidazole rings is 1. The Balaban J connectivity index is 1.81. The zero-order chi connectivity index (χ0) is 15.9. The molecule has 0 aliphatic rings. The van der Waals surface area contributed by atoms with Crippen molar-refractivity contribution in [2.45, 2.75) is 39.8 Å². The van der Waals surface area contributed by atoms with Crippen LogP contribution >= 0.6 is 11.6 Å². The van der Waals surface area contributed by atoms with Crippen molar-refractivity contribution in [1.82, 2.24) is 20.3 Å². The van der Waals surface area contributed by atoms with E-state index in [0.29, 0.717) is 17.5 Å². The average molecular weight is 319 g/mol. The Bertz CT molecular complexity index is 799. The Morgan fingerprint density at radius 3 is 2.73 bits per heavy atom. The number of aromatic nitrogens is 3. The van der Waals surface area contributed by atoms with Crippen molar-refractivity contribution in [1.29, 1.82) is 0 Å². The number of nitrogens with one attached hydrogen (secondary N) is 2. The van der Waals surface area contributed by atoms with Crippen LogP contribution in [0.5, 0.6) is 0 Å². The summed E-state index contributed by atoms with van der Waals surface area (Å²) < 4.78 is 5.84. The van der Waals surface area contributed by atoms with Gasteiger partial charge in [-0.2, -0.15) is 0 Å². The molecule has 5 nitrogen and oxygen atoms in total. The molecule has 2 heterocycles. The van der Waals surface area contributed by atoms with E-state index in [4.69, 9.17) is 16.0 Å². The van der Waals surface area contributed by atoms with Crippen molar-refractivity contribution in [3.8, 4) is 0 Å². The Hall–Kier alpha value is -1.85. The highest BCUT2D eigenvalue weighted by molar-refractivity contribution is 6.31. The highest BCUT2D eigenvalue weighted by atomic mass is 35.5. The molecule has 3 rings (SSSR count). The Kier molecular flexibility index (Phi) is 3.70. The molecule has 0 fully saturated rings. The standard InChI is InChI=1S/C16H19ClN4O/c1-9-10(2)20-14(19-9)8-18-16(3,4)15-21-12-7-11(17)5-6-13(12)22-15/h5-7,18H,8H2,1-4H3,(H,19,20). The molecule has 0 atom stereocenters. The molecule has 22 heavy (non-hydrogen) atoms. The summed E-state index contributed by atoms with van der Waals surface area (Å²) in [6.45, 7) is 8.68. The van der Waals surface area contributed by atoms with Crippen LogP contribution in [0.2, 0.25) is 5.02 Å². The largest absolute Gasteiger partial charge is 0.439 e. The van der Waals surface area contributed by atoms with Crippen LogP contribution in [-0.4, -0.2) is 15.0 Å². The SMILES string of the molecule is Cc1nc(CNC(C)(C)c2nc3cc(Cl)ccc3o2)[nH]c1C.